The molecule has 0 fully saturated rings. The van der Waals surface area contributed by atoms with Gasteiger partial charge in [-0.05, 0) is 44.4 Å². The van der Waals surface area contributed by atoms with Crippen molar-refractivity contribution in [2.75, 3.05) is 11.9 Å². The van der Waals surface area contributed by atoms with Crippen molar-refractivity contribution < 1.29 is 4.79 Å². The molecule has 4 aromatic rings. The number of aromatic nitrogens is 3. The Labute approximate surface area is 167 Å². The van der Waals surface area contributed by atoms with Crippen LogP contribution >= 0.6 is 11.3 Å². The number of rotatable bonds is 6. The fourth-order valence-corrected chi connectivity index (χ4v) is 4.46. The van der Waals surface area contributed by atoms with Gasteiger partial charge in [0.2, 0.25) is 0 Å². The summed E-state index contributed by atoms with van der Waals surface area (Å²) in [5.74, 6) is 0.724. The van der Waals surface area contributed by atoms with Crippen LogP contribution in [-0.2, 0) is 6.42 Å². The quantitative estimate of drug-likeness (QED) is 0.457. The molecule has 0 spiro atoms. The Balaban J connectivity index is 1.55. The summed E-state index contributed by atoms with van der Waals surface area (Å²) in [5, 5.41) is 8.57. The van der Waals surface area contributed by atoms with Gasteiger partial charge in [0.05, 0.1) is 10.3 Å². The highest BCUT2D eigenvalue weighted by Gasteiger charge is 2.19. The molecule has 0 aliphatic carbocycles. The van der Waals surface area contributed by atoms with Crippen LogP contribution in [0, 0.1) is 6.92 Å². The zero-order chi connectivity index (χ0) is 19.7. The molecule has 3 heterocycles. The molecular weight excluding hydrogens is 370 g/mol. The number of aromatic amines is 1. The van der Waals surface area contributed by atoms with Gasteiger partial charge in [-0.3, -0.25) is 4.79 Å². The standard InChI is InChI=1S/C21H23N5OS/c1-12(2)26-20(27)18-13(3)17-19(24-11-25-21(17)28-18)22-9-8-14-10-23-16-7-5-4-6-15(14)16/h4-7,10-12,23H,8-9H2,1-3H3,(H,26,27)(H,22,24,25). The Kier molecular flexibility index (Phi) is 5.00. The summed E-state index contributed by atoms with van der Waals surface area (Å²) in [4.78, 5) is 26.1. The first-order valence-electron chi connectivity index (χ1n) is 9.38. The van der Waals surface area contributed by atoms with Crippen molar-refractivity contribution in [2.45, 2.75) is 33.2 Å². The van der Waals surface area contributed by atoms with Crippen molar-refractivity contribution in [3.8, 4) is 0 Å². The third-order valence-corrected chi connectivity index (χ3v) is 5.91. The smallest absolute Gasteiger partial charge is 0.261 e. The van der Waals surface area contributed by atoms with Crippen LogP contribution in [0.25, 0.3) is 21.1 Å². The van der Waals surface area contributed by atoms with Crippen LogP contribution in [0.15, 0.2) is 36.8 Å². The van der Waals surface area contributed by atoms with Crippen molar-refractivity contribution in [3.63, 3.8) is 0 Å². The summed E-state index contributed by atoms with van der Waals surface area (Å²) >= 11 is 1.41. The molecule has 0 saturated heterocycles. The molecule has 1 aromatic carbocycles. The molecule has 0 aliphatic rings. The summed E-state index contributed by atoms with van der Waals surface area (Å²) in [6, 6.07) is 8.40. The van der Waals surface area contributed by atoms with Crippen molar-refractivity contribution in [1.29, 1.82) is 0 Å². The molecule has 7 heteroatoms. The fourth-order valence-electron chi connectivity index (χ4n) is 3.40. The maximum Gasteiger partial charge on any atom is 0.261 e. The minimum absolute atomic E-state index is 0.0553. The molecular formula is C21H23N5OS. The molecule has 0 atom stereocenters. The Bertz CT molecular complexity index is 1140. The molecule has 28 heavy (non-hydrogen) atoms. The lowest BCUT2D eigenvalue weighted by atomic mass is 10.1. The molecule has 6 nitrogen and oxygen atoms in total. The summed E-state index contributed by atoms with van der Waals surface area (Å²) < 4.78 is 0. The van der Waals surface area contributed by atoms with Crippen molar-refractivity contribution in [2.24, 2.45) is 0 Å². The van der Waals surface area contributed by atoms with Crippen molar-refractivity contribution in [3.05, 3.63) is 52.8 Å². The number of hydrogen-bond donors (Lipinski definition) is 3. The highest BCUT2D eigenvalue weighted by atomic mass is 32.1. The second kappa shape index (κ2) is 7.59. The number of carbonyl (C=O) groups excluding carboxylic acids is 1. The number of nitrogens with zero attached hydrogens (tertiary/aromatic N) is 2. The van der Waals surface area contributed by atoms with E-state index in [-0.39, 0.29) is 11.9 Å². The predicted molar refractivity (Wildman–Crippen MR) is 115 cm³/mol. The van der Waals surface area contributed by atoms with Crippen LogP contribution in [-0.4, -0.2) is 33.4 Å². The number of nitrogens with one attached hydrogen (secondary N) is 3. The predicted octanol–water partition coefficient (Wildman–Crippen LogP) is 4.27. The Morgan fingerprint density at radius 2 is 2.07 bits per heavy atom. The van der Waals surface area contributed by atoms with E-state index in [1.165, 1.54) is 22.3 Å². The molecule has 0 bridgehead atoms. The molecule has 0 radical (unpaired) electrons. The van der Waals surface area contributed by atoms with Gasteiger partial charge < -0.3 is 15.6 Å². The largest absolute Gasteiger partial charge is 0.369 e. The van der Waals surface area contributed by atoms with E-state index in [0.717, 1.165) is 40.1 Å². The maximum atomic E-state index is 12.5. The monoisotopic (exact) mass is 393 g/mol. The van der Waals surface area contributed by atoms with Gasteiger partial charge in [-0.15, -0.1) is 11.3 Å². The molecule has 0 aliphatic heterocycles. The summed E-state index contributed by atoms with van der Waals surface area (Å²) in [6.07, 6.45) is 4.49. The van der Waals surface area contributed by atoms with Gasteiger partial charge >= 0.3 is 0 Å². The second-order valence-corrected chi connectivity index (χ2v) is 8.12. The number of hydrogen-bond acceptors (Lipinski definition) is 5. The van der Waals surface area contributed by atoms with E-state index in [9.17, 15) is 4.79 Å². The van der Waals surface area contributed by atoms with Gasteiger partial charge in [-0.1, -0.05) is 18.2 Å². The molecule has 4 rings (SSSR count). The highest BCUT2D eigenvalue weighted by Crippen LogP contribution is 2.33. The van der Waals surface area contributed by atoms with E-state index >= 15 is 0 Å². The lowest BCUT2D eigenvalue weighted by molar-refractivity contribution is 0.0947. The third-order valence-electron chi connectivity index (χ3n) is 4.71. The van der Waals surface area contributed by atoms with E-state index in [1.807, 2.05) is 26.8 Å². The molecule has 3 N–H and O–H groups in total. The lowest BCUT2D eigenvalue weighted by Gasteiger charge is -2.08. The summed E-state index contributed by atoms with van der Waals surface area (Å²) in [6.45, 7) is 6.62. The van der Waals surface area contributed by atoms with Crippen LogP contribution in [0.1, 0.15) is 34.6 Å². The minimum Gasteiger partial charge on any atom is -0.369 e. The SMILES string of the molecule is Cc1c(C(=O)NC(C)C)sc2ncnc(NCCc3c[nH]c4ccccc34)c12. The maximum absolute atomic E-state index is 12.5. The average Bonchev–Trinajstić information content (AvgIpc) is 3.23. The van der Waals surface area contributed by atoms with Crippen LogP contribution < -0.4 is 10.6 Å². The van der Waals surface area contributed by atoms with E-state index in [1.54, 1.807) is 6.33 Å². The number of thiophene rings is 1. The van der Waals surface area contributed by atoms with Gasteiger partial charge in [-0.2, -0.15) is 0 Å². The zero-order valence-electron chi connectivity index (χ0n) is 16.2. The summed E-state index contributed by atoms with van der Waals surface area (Å²) in [7, 11) is 0. The van der Waals surface area contributed by atoms with Crippen LogP contribution in [0.2, 0.25) is 0 Å². The first kappa shape index (κ1) is 18.4. The average molecular weight is 394 g/mol. The van der Waals surface area contributed by atoms with Crippen LogP contribution in [0.3, 0.4) is 0 Å². The Hall–Kier alpha value is -2.93. The van der Waals surface area contributed by atoms with Gasteiger partial charge in [0.25, 0.3) is 5.91 Å². The van der Waals surface area contributed by atoms with Gasteiger partial charge in [0.1, 0.15) is 17.0 Å². The number of amides is 1. The molecule has 3 aromatic heterocycles. The Morgan fingerprint density at radius 1 is 1.25 bits per heavy atom. The number of para-hydroxylation sites is 1. The summed E-state index contributed by atoms with van der Waals surface area (Å²) in [5.41, 5.74) is 3.34. The van der Waals surface area contributed by atoms with E-state index in [2.05, 4.69) is 50.0 Å². The lowest BCUT2D eigenvalue weighted by Crippen LogP contribution is -2.29. The van der Waals surface area contributed by atoms with E-state index in [0.29, 0.717) is 4.88 Å². The topological polar surface area (TPSA) is 82.7 Å². The van der Waals surface area contributed by atoms with Gasteiger partial charge in [0, 0.05) is 29.7 Å². The number of fused-ring (bicyclic) bond motifs is 2. The number of anilines is 1. The van der Waals surface area contributed by atoms with Gasteiger partial charge in [0.15, 0.2) is 0 Å². The highest BCUT2D eigenvalue weighted by molar-refractivity contribution is 7.20. The Morgan fingerprint density at radius 3 is 2.89 bits per heavy atom. The molecule has 0 saturated carbocycles. The van der Waals surface area contributed by atoms with Gasteiger partial charge in [-0.25, -0.2) is 9.97 Å². The first-order valence-corrected chi connectivity index (χ1v) is 10.2. The zero-order valence-corrected chi connectivity index (χ0v) is 17.0. The van der Waals surface area contributed by atoms with Crippen molar-refractivity contribution >= 4 is 44.2 Å². The number of carbonyl (C=O) groups is 1. The first-order chi connectivity index (χ1) is 13.5. The molecule has 1 amide bonds. The fraction of sp³-hybridized carbons (Fsp3) is 0.286. The number of H-pyrrole nitrogens is 1. The van der Waals surface area contributed by atoms with E-state index < -0.39 is 0 Å². The number of aryl methyl sites for hydroxylation is 1. The molecule has 0 unspecified atom stereocenters. The van der Waals surface area contributed by atoms with Crippen LogP contribution in [0.5, 0.6) is 0 Å². The second-order valence-electron chi connectivity index (χ2n) is 7.12. The normalized spacial score (nSPS) is 11.4. The molecule has 144 valence electrons. The minimum atomic E-state index is -0.0553. The number of benzene rings is 1. The van der Waals surface area contributed by atoms with Crippen molar-refractivity contribution in [1.82, 2.24) is 20.3 Å². The van der Waals surface area contributed by atoms with Crippen LogP contribution in [0.4, 0.5) is 5.82 Å². The third kappa shape index (κ3) is 3.45. The van der Waals surface area contributed by atoms with E-state index in [4.69, 9.17) is 0 Å².